The molecule has 0 bridgehead atoms. The molecule has 1 N–H and O–H groups in total. The van der Waals surface area contributed by atoms with E-state index in [9.17, 15) is 13.6 Å². The van der Waals surface area contributed by atoms with Gasteiger partial charge >= 0.3 is 0 Å². The molecule has 1 amide bonds. The van der Waals surface area contributed by atoms with Gasteiger partial charge in [0.2, 0.25) is 5.91 Å². The topological polar surface area (TPSA) is 56.2 Å². The van der Waals surface area contributed by atoms with Crippen LogP contribution >= 0.6 is 0 Å². The van der Waals surface area contributed by atoms with E-state index in [1.165, 1.54) is 23.7 Å². The normalized spacial score (nSPS) is 15.1. The lowest BCUT2D eigenvalue weighted by atomic mass is 10.2. The summed E-state index contributed by atoms with van der Waals surface area (Å²) in [5.74, 6) is -0.671. The molecule has 1 fully saturated rings. The highest BCUT2D eigenvalue weighted by Crippen LogP contribution is 2.30. The van der Waals surface area contributed by atoms with E-state index in [-0.39, 0.29) is 29.8 Å². The predicted molar refractivity (Wildman–Crippen MR) is 98.2 cm³/mol. The number of hydrogen-bond acceptors (Lipinski definition) is 3. The number of carbonyl (C=O) groups excluding carboxylic acids is 1. The maximum Gasteiger partial charge on any atom is 0.217 e. The van der Waals surface area contributed by atoms with Crippen LogP contribution in [0, 0.1) is 17.6 Å². The minimum atomic E-state index is -0.646. The molecule has 1 atom stereocenters. The molecule has 2 aromatic rings. The molecule has 0 unspecified atom stereocenters. The summed E-state index contributed by atoms with van der Waals surface area (Å²) in [6.45, 7) is 3.79. The van der Waals surface area contributed by atoms with Crippen molar-refractivity contribution in [1.29, 1.82) is 0 Å². The molecule has 144 valence electrons. The number of nitrogens with one attached hydrogen (secondary N) is 1. The monoisotopic (exact) mass is 375 g/mol. The maximum absolute atomic E-state index is 14.3. The summed E-state index contributed by atoms with van der Waals surface area (Å²) in [5.41, 5.74) is 0.719. The van der Waals surface area contributed by atoms with E-state index in [0.29, 0.717) is 12.5 Å². The predicted octanol–water partition coefficient (Wildman–Crippen LogP) is 3.54. The van der Waals surface area contributed by atoms with Crippen molar-refractivity contribution in [2.45, 2.75) is 39.3 Å². The van der Waals surface area contributed by atoms with Crippen molar-refractivity contribution in [3.05, 3.63) is 53.4 Å². The molecule has 27 heavy (non-hydrogen) atoms. The highest BCUT2D eigenvalue weighted by atomic mass is 19.1. The Labute approximate surface area is 157 Å². The number of halogens is 2. The Morgan fingerprint density at radius 1 is 1.41 bits per heavy atom. The first kappa shape index (κ1) is 19.1. The molecular formula is C20H23F2N3O2. The van der Waals surface area contributed by atoms with Crippen LogP contribution in [0.4, 0.5) is 8.78 Å². The van der Waals surface area contributed by atoms with Gasteiger partial charge in [-0.3, -0.25) is 9.48 Å². The summed E-state index contributed by atoms with van der Waals surface area (Å²) in [5, 5.41) is 6.87. The fourth-order valence-corrected chi connectivity index (χ4v) is 2.65. The molecule has 7 heteroatoms. The van der Waals surface area contributed by atoms with Crippen LogP contribution in [0.5, 0.6) is 5.75 Å². The smallest absolute Gasteiger partial charge is 0.217 e. The molecular weight excluding hydrogens is 352 g/mol. The van der Waals surface area contributed by atoms with E-state index in [0.717, 1.165) is 18.4 Å². The Balaban J connectivity index is 1.64. The van der Waals surface area contributed by atoms with Gasteiger partial charge in [-0.2, -0.15) is 5.10 Å². The zero-order valence-electron chi connectivity index (χ0n) is 15.4. The van der Waals surface area contributed by atoms with Crippen molar-refractivity contribution < 1.29 is 18.3 Å². The summed E-state index contributed by atoms with van der Waals surface area (Å²) in [7, 11) is 0. The Kier molecular flexibility index (Phi) is 5.88. The third-order valence-electron chi connectivity index (χ3n) is 4.28. The zero-order valence-corrected chi connectivity index (χ0v) is 15.4. The van der Waals surface area contributed by atoms with Gasteiger partial charge in [0.05, 0.1) is 19.3 Å². The van der Waals surface area contributed by atoms with Gasteiger partial charge in [0.1, 0.15) is 17.4 Å². The first-order chi connectivity index (χ1) is 12.9. The standard InChI is InChI=1S/C20H23F2N3O2/c1-13(24-14(2)26)3-4-16-9-23-25(10-16)11-18-19(21)7-17(8-20(18)22)27-12-15-5-6-15/h3-4,7-10,13,15H,5-6,11-12H2,1-2H3,(H,24,26)/t13-/m0/s1. The van der Waals surface area contributed by atoms with Crippen LogP contribution in [0.25, 0.3) is 6.08 Å². The Morgan fingerprint density at radius 2 is 2.11 bits per heavy atom. The van der Waals surface area contributed by atoms with Crippen molar-refractivity contribution in [2.24, 2.45) is 5.92 Å². The van der Waals surface area contributed by atoms with Gasteiger partial charge in [-0.1, -0.05) is 12.2 Å². The van der Waals surface area contributed by atoms with Crippen LogP contribution in [0.2, 0.25) is 0 Å². The summed E-state index contributed by atoms with van der Waals surface area (Å²) in [4.78, 5) is 11.0. The van der Waals surface area contributed by atoms with Gasteiger partial charge in [-0.15, -0.1) is 0 Å². The average molecular weight is 375 g/mol. The van der Waals surface area contributed by atoms with Crippen LogP contribution in [0.1, 0.15) is 37.8 Å². The molecule has 0 radical (unpaired) electrons. The number of hydrogen-bond donors (Lipinski definition) is 1. The second-order valence-corrected chi connectivity index (χ2v) is 6.94. The van der Waals surface area contributed by atoms with Gasteiger partial charge < -0.3 is 10.1 Å². The zero-order chi connectivity index (χ0) is 19.4. The lowest BCUT2D eigenvalue weighted by molar-refractivity contribution is -0.119. The van der Waals surface area contributed by atoms with Crippen molar-refractivity contribution in [3.8, 4) is 5.75 Å². The maximum atomic E-state index is 14.3. The van der Waals surface area contributed by atoms with Crippen molar-refractivity contribution in [2.75, 3.05) is 6.61 Å². The van der Waals surface area contributed by atoms with Crippen molar-refractivity contribution in [1.82, 2.24) is 15.1 Å². The number of ether oxygens (including phenoxy) is 1. The molecule has 1 aliphatic carbocycles. The van der Waals surface area contributed by atoms with Crippen LogP contribution in [0.15, 0.2) is 30.6 Å². The van der Waals surface area contributed by atoms with E-state index < -0.39 is 11.6 Å². The fourth-order valence-electron chi connectivity index (χ4n) is 2.65. The number of rotatable bonds is 8. The van der Waals surface area contributed by atoms with E-state index in [1.54, 1.807) is 18.5 Å². The minimum Gasteiger partial charge on any atom is -0.493 e. The van der Waals surface area contributed by atoms with Crippen molar-refractivity contribution in [3.63, 3.8) is 0 Å². The third-order valence-corrected chi connectivity index (χ3v) is 4.28. The highest BCUT2D eigenvalue weighted by molar-refractivity contribution is 5.73. The van der Waals surface area contributed by atoms with E-state index in [4.69, 9.17) is 4.74 Å². The molecule has 0 saturated heterocycles. The van der Waals surface area contributed by atoms with E-state index >= 15 is 0 Å². The fraction of sp³-hybridized carbons (Fsp3) is 0.400. The summed E-state index contributed by atoms with van der Waals surface area (Å²) >= 11 is 0. The first-order valence-corrected chi connectivity index (χ1v) is 8.99. The third kappa shape index (κ3) is 5.64. The molecule has 0 aliphatic heterocycles. The second-order valence-electron chi connectivity index (χ2n) is 6.94. The van der Waals surface area contributed by atoms with Gasteiger partial charge in [-0.05, 0) is 25.7 Å². The van der Waals surface area contributed by atoms with Crippen LogP contribution < -0.4 is 10.1 Å². The molecule has 1 heterocycles. The number of aromatic nitrogens is 2. The second kappa shape index (κ2) is 8.33. The lowest BCUT2D eigenvalue weighted by Gasteiger charge is -2.10. The van der Waals surface area contributed by atoms with Gasteiger partial charge in [0, 0.05) is 42.4 Å². The quantitative estimate of drug-likeness (QED) is 0.768. The lowest BCUT2D eigenvalue weighted by Crippen LogP contribution is -2.28. The first-order valence-electron chi connectivity index (χ1n) is 8.99. The molecule has 1 saturated carbocycles. The van der Waals surface area contributed by atoms with Crippen LogP contribution in [0.3, 0.4) is 0 Å². The molecule has 1 aliphatic rings. The van der Waals surface area contributed by atoms with Gasteiger partial charge in [0.25, 0.3) is 0 Å². The van der Waals surface area contributed by atoms with Gasteiger partial charge in [0.15, 0.2) is 0 Å². The Morgan fingerprint density at radius 3 is 2.74 bits per heavy atom. The Hall–Kier alpha value is -2.70. The highest BCUT2D eigenvalue weighted by Gasteiger charge is 2.22. The number of carbonyl (C=O) groups is 1. The van der Waals surface area contributed by atoms with E-state index in [2.05, 4.69) is 10.4 Å². The number of benzene rings is 1. The molecule has 1 aromatic carbocycles. The molecule has 5 nitrogen and oxygen atoms in total. The van der Waals surface area contributed by atoms with E-state index in [1.807, 2.05) is 13.0 Å². The molecule has 3 rings (SSSR count). The summed E-state index contributed by atoms with van der Waals surface area (Å²) in [6, 6.07) is 2.32. The van der Waals surface area contributed by atoms with Crippen LogP contribution in [-0.4, -0.2) is 28.3 Å². The number of nitrogens with zero attached hydrogens (tertiary/aromatic N) is 2. The van der Waals surface area contributed by atoms with Crippen LogP contribution in [-0.2, 0) is 11.3 Å². The van der Waals surface area contributed by atoms with Gasteiger partial charge in [-0.25, -0.2) is 8.78 Å². The molecule has 1 aromatic heterocycles. The van der Waals surface area contributed by atoms with Crippen molar-refractivity contribution >= 4 is 12.0 Å². The summed E-state index contributed by atoms with van der Waals surface area (Å²) in [6.07, 6.45) is 9.13. The average Bonchev–Trinajstić information content (AvgIpc) is 3.32. The SMILES string of the molecule is CC(=O)N[C@@H](C)C=Cc1cnn(Cc2c(F)cc(OCC3CC3)cc2F)c1. The number of amides is 1. The Bertz CT molecular complexity index is 820. The minimum absolute atomic E-state index is 0.0182. The summed E-state index contributed by atoms with van der Waals surface area (Å²) < 4.78 is 35.5. The molecule has 0 spiro atoms. The largest absolute Gasteiger partial charge is 0.493 e.